The van der Waals surface area contributed by atoms with E-state index in [9.17, 15) is 9.59 Å². The first-order chi connectivity index (χ1) is 12.8. The Bertz CT molecular complexity index is 835. The molecule has 2 aromatic rings. The van der Waals surface area contributed by atoms with Crippen molar-refractivity contribution in [3.05, 3.63) is 58.1 Å². The van der Waals surface area contributed by atoms with Gasteiger partial charge < -0.3 is 14.8 Å². The zero-order chi connectivity index (χ0) is 20.0. The van der Waals surface area contributed by atoms with Gasteiger partial charge in [0.2, 0.25) is 0 Å². The summed E-state index contributed by atoms with van der Waals surface area (Å²) in [5, 5.41) is 3.05. The number of hydrogen-bond donors (Lipinski definition) is 1. The molecule has 0 saturated carbocycles. The minimum Gasteiger partial charge on any atom is -0.480 e. The number of nitrogens with one attached hydrogen (secondary N) is 1. The number of anilines is 1. The van der Waals surface area contributed by atoms with Crippen LogP contribution in [0, 0.1) is 13.8 Å². The van der Waals surface area contributed by atoms with Crippen LogP contribution < -0.4 is 10.1 Å². The fourth-order valence-electron chi connectivity index (χ4n) is 2.50. The van der Waals surface area contributed by atoms with E-state index in [-0.39, 0.29) is 23.1 Å². The third-order valence-electron chi connectivity index (χ3n) is 4.01. The number of carbonyl (C=O) groups excluding carboxylic acids is 2. The lowest BCUT2D eigenvalue weighted by Gasteiger charge is -2.19. The van der Waals surface area contributed by atoms with Gasteiger partial charge in [0.15, 0.2) is 6.10 Å². The largest absolute Gasteiger partial charge is 0.480 e. The summed E-state index contributed by atoms with van der Waals surface area (Å²) in [4.78, 5) is 24.6. The van der Waals surface area contributed by atoms with Crippen molar-refractivity contribution in [2.45, 2.75) is 40.2 Å². The fraction of sp³-hybridized carbons (Fsp3) is 0.333. The highest BCUT2D eigenvalue weighted by atomic mass is 35.5. The molecular formula is C21H24ClNO4. The van der Waals surface area contributed by atoms with Crippen LogP contribution in [0.15, 0.2) is 36.4 Å². The molecule has 144 valence electrons. The van der Waals surface area contributed by atoms with Crippen molar-refractivity contribution >= 4 is 29.2 Å². The van der Waals surface area contributed by atoms with E-state index >= 15 is 0 Å². The first-order valence-electron chi connectivity index (χ1n) is 8.87. The SMILES string of the molecule is CCOC(=O)c1cc(NC(=O)[C@@H](CC)Oc2cc(C)ccc2C)ccc1Cl. The highest BCUT2D eigenvalue weighted by Crippen LogP contribution is 2.24. The monoisotopic (exact) mass is 389 g/mol. The predicted molar refractivity (Wildman–Crippen MR) is 107 cm³/mol. The van der Waals surface area contributed by atoms with Gasteiger partial charge >= 0.3 is 5.97 Å². The second-order valence-corrected chi connectivity index (χ2v) is 6.60. The molecule has 2 aromatic carbocycles. The molecule has 0 bridgehead atoms. The molecule has 0 aliphatic rings. The number of rotatable bonds is 7. The molecule has 0 aromatic heterocycles. The van der Waals surface area contributed by atoms with Crippen molar-refractivity contribution in [2.24, 2.45) is 0 Å². The van der Waals surface area contributed by atoms with Gasteiger partial charge in [0.25, 0.3) is 5.91 Å². The molecule has 1 atom stereocenters. The van der Waals surface area contributed by atoms with Gasteiger partial charge in [0, 0.05) is 5.69 Å². The Hall–Kier alpha value is -2.53. The summed E-state index contributed by atoms with van der Waals surface area (Å²) < 4.78 is 10.9. The Kier molecular flexibility index (Phi) is 7.25. The topological polar surface area (TPSA) is 64.6 Å². The van der Waals surface area contributed by atoms with Crippen molar-refractivity contribution in [3.63, 3.8) is 0 Å². The number of esters is 1. The number of aryl methyl sites for hydroxylation is 2. The molecule has 0 saturated heterocycles. The van der Waals surface area contributed by atoms with Crippen LogP contribution in [-0.2, 0) is 9.53 Å². The lowest BCUT2D eigenvalue weighted by Crippen LogP contribution is -2.32. The van der Waals surface area contributed by atoms with Crippen molar-refractivity contribution in [2.75, 3.05) is 11.9 Å². The lowest BCUT2D eigenvalue weighted by molar-refractivity contribution is -0.122. The molecule has 0 radical (unpaired) electrons. The molecule has 0 aliphatic heterocycles. The van der Waals surface area contributed by atoms with Crippen LogP contribution in [-0.4, -0.2) is 24.6 Å². The predicted octanol–water partition coefficient (Wildman–Crippen LogP) is 4.93. The lowest BCUT2D eigenvalue weighted by atomic mass is 10.1. The molecule has 1 N–H and O–H groups in total. The third-order valence-corrected chi connectivity index (χ3v) is 4.33. The minimum atomic E-state index is -0.660. The summed E-state index contributed by atoms with van der Waals surface area (Å²) in [6.07, 6.45) is -0.162. The van der Waals surface area contributed by atoms with E-state index < -0.39 is 12.1 Å². The molecule has 0 unspecified atom stereocenters. The van der Waals surface area contributed by atoms with Gasteiger partial charge in [-0.05, 0) is 62.6 Å². The van der Waals surface area contributed by atoms with Gasteiger partial charge in [-0.25, -0.2) is 4.79 Å². The second-order valence-electron chi connectivity index (χ2n) is 6.19. The van der Waals surface area contributed by atoms with E-state index in [0.29, 0.717) is 17.9 Å². The first kappa shape index (κ1) is 20.8. The normalized spacial score (nSPS) is 11.6. The van der Waals surface area contributed by atoms with Crippen LogP contribution in [0.4, 0.5) is 5.69 Å². The summed E-state index contributed by atoms with van der Waals surface area (Å²) in [7, 11) is 0. The first-order valence-corrected chi connectivity index (χ1v) is 9.25. The van der Waals surface area contributed by atoms with E-state index in [0.717, 1.165) is 11.1 Å². The fourth-order valence-corrected chi connectivity index (χ4v) is 2.70. The Labute approximate surface area is 164 Å². The summed E-state index contributed by atoms with van der Waals surface area (Å²) in [5.74, 6) is -0.145. The van der Waals surface area contributed by atoms with Gasteiger partial charge in [-0.1, -0.05) is 30.7 Å². The number of hydrogen-bond acceptors (Lipinski definition) is 4. The molecule has 6 heteroatoms. The second kappa shape index (κ2) is 9.42. The number of benzene rings is 2. The highest BCUT2D eigenvalue weighted by Gasteiger charge is 2.20. The summed E-state index contributed by atoms with van der Waals surface area (Å²) in [6, 6.07) is 10.5. The van der Waals surface area contributed by atoms with Gasteiger partial charge in [0.05, 0.1) is 17.2 Å². The maximum Gasteiger partial charge on any atom is 0.339 e. The van der Waals surface area contributed by atoms with Crippen LogP contribution >= 0.6 is 11.6 Å². The Morgan fingerprint density at radius 3 is 2.52 bits per heavy atom. The number of ether oxygens (including phenoxy) is 2. The van der Waals surface area contributed by atoms with Crippen molar-refractivity contribution in [1.82, 2.24) is 0 Å². The molecule has 0 heterocycles. The quantitative estimate of drug-likeness (QED) is 0.682. The minimum absolute atomic E-state index is 0.208. The van der Waals surface area contributed by atoms with Gasteiger partial charge in [-0.2, -0.15) is 0 Å². The Morgan fingerprint density at radius 2 is 1.85 bits per heavy atom. The van der Waals surface area contributed by atoms with E-state index in [4.69, 9.17) is 21.1 Å². The molecular weight excluding hydrogens is 366 g/mol. The molecule has 0 fully saturated rings. The summed E-state index contributed by atoms with van der Waals surface area (Å²) >= 11 is 6.05. The van der Waals surface area contributed by atoms with E-state index in [2.05, 4.69) is 5.32 Å². The number of amides is 1. The zero-order valence-electron chi connectivity index (χ0n) is 16.0. The van der Waals surface area contributed by atoms with Crippen LogP contribution in [0.25, 0.3) is 0 Å². The van der Waals surface area contributed by atoms with E-state index in [1.165, 1.54) is 6.07 Å². The van der Waals surface area contributed by atoms with Gasteiger partial charge in [-0.3, -0.25) is 4.79 Å². The average Bonchev–Trinajstić information content (AvgIpc) is 2.64. The number of carbonyl (C=O) groups is 2. The Balaban J connectivity index is 2.15. The molecule has 2 rings (SSSR count). The maximum absolute atomic E-state index is 12.7. The zero-order valence-corrected chi connectivity index (χ0v) is 16.7. The Morgan fingerprint density at radius 1 is 1.11 bits per heavy atom. The average molecular weight is 390 g/mol. The third kappa shape index (κ3) is 5.47. The molecule has 0 aliphatic carbocycles. The van der Waals surface area contributed by atoms with Crippen LogP contribution in [0.5, 0.6) is 5.75 Å². The highest BCUT2D eigenvalue weighted by molar-refractivity contribution is 6.33. The number of halogens is 1. The smallest absolute Gasteiger partial charge is 0.339 e. The van der Waals surface area contributed by atoms with Crippen molar-refractivity contribution < 1.29 is 19.1 Å². The van der Waals surface area contributed by atoms with E-state index in [1.54, 1.807) is 19.1 Å². The molecule has 0 spiro atoms. The van der Waals surface area contributed by atoms with Crippen molar-refractivity contribution in [3.8, 4) is 5.75 Å². The summed E-state index contributed by atoms with van der Waals surface area (Å²) in [6.45, 7) is 7.74. The molecule has 5 nitrogen and oxygen atoms in total. The van der Waals surface area contributed by atoms with Crippen LogP contribution in [0.2, 0.25) is 5.02 Å². The van der Waals surface area contributed by atoms with Gasteiger partial charge in [-0.15, -0.1) is 0 Å². The van der Waals surface area contributed by atoms with Gasteiger partial charge in [0.1, 0.15) is 5.75 Å². The van der Waals surface area contributed by atoms with E-state index in [1.807, 2.05) is 39.0 Å². The molecule has 27 heavy (non-hydrogen) atoms. The maximum atomic E-state index is 12.7. The summed E-state index contributed by atoms with van der Waals surface area (Å²) in [5.41, 5.74) is 2.68. The van der Waals surface area contributed by atoms with Crippen LogP contribution in [0.1, 0.15) is 41.8 Å². The van der Waals surface area contributed by atoms with Crippen molar-refractivity contribution in [1.29, 1.82) is 0 Å². The van der Waals surface area contributed by atoms with Crippen LogP contribution in [0.3, 0.4) is 0 Å². The standard InChI is InChI=1S/C21H24ClNO4/c1-5-18(27-19-11-13(3)7-8-14(19)4)20(24)23-15-9-10-17(22)16(12-15)21(25)26-6-2/h7-12,18H,5-6H2,1-4H3,(H,23,24)/t18-/m1/s1. The molecule has 1 amide bonds.